The minimum atomic E-state index is -4.78. The Morgan fingerprint density at radius 2 is 1.89 bits per heavy atom. The highest BCUT2D eigenvalue weighted by atomic mass is 32.1. The van der Waals surface area contributed by atoms with Gasteiger partial charge < -0.3 is 19.7 Å². The molecule has 1 aromatic carbocycles. The average molecular weight is 525 g/mol. The lowest BCUT2D eigenvalue weighted by atomic mass is 10.1. The van der Waals surface area contributed by atoms with Crippen LogP contribution < -0.4 is 19.7 Å². The van der Waals surface area contributed by atoms with Crippen molar-refractivity contribution >= 4 is 30.8 Å². The Hall–Kier alpha value is -3.48. The van der Waals surface area contributed by atoms with Crippen molar-refractivity contribution in [2.45, 2.75) is 45.6 Å². The van der Waals surface area contributed by atoms with Gasteiger partial charge in [-0.1, -0.05) is 5.21 Å². The molecule has 0 saturated heterocycles. The second-order valence-electron chi connectivity index (χ2n) is 8.30. The summed E-state index contributed by atoms with van der Waals surface area (Å²) in [5.41, 5.74) is 4.40. The van der Waals surface area contributed by atoms with Crippen LogP contribution in [0, 0.1) is 6.92 Å². The number of hydrogen-bond acceptors (Lipinski definition) is 7. The fraction of sp³-hybridized carbons (Fsp3) is 0.391. The van der Waals surface area contributed by atoms with Crippen molar-refractivity contribution in [2.75, 3.05) is 24.4 Å². The number of carbonyl (C=O) groups excluding carboxylic acids is 1. The number of aryl methyl sites for hydroxylation is 3. The number of nitrogens with one attached hydrogen (secondary N) is 1. The van der Waals surface area contributed by atoms with Gasteiger partial charge >= 0.3 is 6.36 Å². The first kappa shape index (κ1) is 27.1. The Morgan fingerprint density at radius 3 is 2.58 bits per heavy atom. The van der Waals surface area contributed by atoms with Gasteiger partial charge in [-0.05, 0) is 51.0 Å². The number of ether oxygens (including phenoxy) is 2. The molecule has 36 heavy (non-hydrogen) atoms. The summed E-state index contributed by atoms with van der Waals surface area (Å²) in [6.45, 7) is 3.85. The maximum atomic E-state index is 12.6. The lowest BCUT2D eigenvalue weighted by molar-refractivity contribution is -0.274. The summed E-state index contributed by atoms with van der Waals surface area (Å²) < 4.78 is 48.5. The van der Waals surface area contributed by atoms with Gasteiger partial charge in [-0.2, -0.15) is 13.5 Å². The third kappa shape index (κ3) is 6.01. The normalized spacial score (nSPS) is 15.1. The van der Waals surface area contributed by atoms with E-state index in [1.807, 2.05) is 31.9 Å². The third-order valence-corrected chi connectivity index (χ3v) is 5.86. The highest BCUT2D eigenvalue weighted by molar-refractivity contribution is 7.59. The van der Waals surface area contributed by atoms with E-state index < -0.39 is 6.36 Å². The summed E-state index contributed by atoms with van der Waals surface area (Å²) in [5, 5.41) is 11.2. The molecule has 0 radical (unpaired) electrons. The fourth-order valence-electron chi connectivity index (χ4n) is 3.93. The van der Waals surface area contributed by atoms with Crippen molar-refractivity contribution in [3.8, 4) is 11.5 Å². The first-order valence-corrected chi connectivity index (χ1v) is 10.9. The fourth-order valence-corrected chi connectivity index (χ4v) is 3.93. The molecule has 1 aliphatic rings. The third-order valence-electron chi connectivity index (χ3n) is 5.86. The second kappa shape index (κ2) is 10.6. The minimum absolute atomic E-state index is 0. The number of benzene rings is 1. The highest BCUT2D eigenvalue weighted by Crippen LogP contribution is 2.34. The number of methoxy groups -OCH3 is 1. The number of nitrogens with zero attached hydrogens (tertiary/aromatic N) is 5. The van der Waals surface area contributed by atoms with Crippen LogP contribution in [-0.4, -0.2) is 52.4 Å². The maximum Gasteiger partial charge on any atom is 0.573 e. The molecule has 1 amide bonds. The zero-order valence-corrected chi connectivity index (χ0v) is 21.2. The molecule has 1 N–H and O–H groups in total. The summed E-state index contributed by atoms with van der Waals surface area (Å²) >= 11 is 0. The van der Waals surface area contributed by atoms with Crippen molar-refractivity contribution in [3.63, 3.8) is 0 Å². The second-order valence-corrected chi connectivity index (χ2v) is 8.30. The van der Waals surface area contributed by atoms with E-state index >= 15 is 0 Å². The van der Waals surface area contributed by atoms with Crippen molar-refractivity contribution in [3.05, 3.63) is 53.1 Å². The molecule has 3 aromatic rings. The van der Waals surface area contributed by atoms with E-state index in [0.29, 0.717) is 29.8 Å². The number of pyridine rings is 1. The summed E-state index contributed by atoms with van der Waals surface area (Å²) in [6, 6.07) is 5.55. The Morgan fingerprint density at radius 1 is 1.17 bits per heavy atom. The van der Waals surface area contributed by atoms with Gasteiger partial charge in [-0.3, -0.25) is 9.78 Å². The first-order valence-electron chi connectivity index (χ1n) is 10.9. The topological polar surface area (TPSA) is 94.4 Å². The minimum Gasteiger partial charge on any atom is -0.496 e. The van der Waals surface area contributed by atoms with Crippen LogP contribution in [0.5, 0.6) is 11.5 Å². The zero-order valence-electron chi connectivity index (χ0n) is 20.2. The van der Waals surface area contributed by atoms with Gasteiger partial charge in [0.25, 0.3) is 0 Å². The van der Waals surface area contributed by atoms with Gasteiger partial charge in [0, 0.05) is 24.5 Å². The van der Waals surface area contributed by atoms with Crippen molar-refractivity contribution in [1.29, 1.82) is 0 Å². The number of anilines is 2. The average Bonchev–Trinajstić information content (AvgIpc) is 3.23. The highest BCUT2D eigenvalue weighted by Gasteiger charge is 2.31. The molecule has 4 rings (SSSR count). The summed E-state index contributed by atoms with van der Waals surface area (Å²) in [5.74, 6) is 0.00937. The number of halogens is 3. The quantitative estimate of drug-likeness (QED) is 0.505. The predicted octanol–water partition coefficient (Wildman–Crippen LogP) is 3.61. The number of carbonyl (C=O) groups is 1. The lowest BCUT2D eigenvalue weighted by Gasteiger charge is -2.34. The molecular weight excluding hydrogens is 497 g/mol. The molecule has 0 spiro atoms. The number of fused-ring (bicyclic) bond motifs is 1. The Labute approximate surface area is 213 Å². The molecule has 2 aromatic heterocycles. The van der Waals surface area contributed by atoms with E-state index in [1.165, 1.54) is 30.0 Å². The summed E-state index contributed by atoms with van der Waals surface area (Å²) in [4.78, 5) is 18.6. The number of likely N-dealkylation sites (N-methyl/N-ethyl adjacent to an activating group) is 1. The molecule has 0 bridgehead atoms. The van der Waals surface area contributed by atoms with Gasteiger partial charge in [0.2, 0.25) is 5.91 Å². The van der Waals surface area contributed by atoms with E-state index in [0.717, 1.165) is 22.8 Å². The number of alkyl halides is 3. The van der Waals surface area contributed by atoms with Crippen LogP contribution in [0.2, 0.25) is 0 Å². The van der Waals surface area contributed by atoms with Gasteiger partial charge in [0.05, 0.1) is 36.4 Å². The number of rotatable bonds is 7. The largest absolute Gasteiger partial charge is 0.573 e. The van der Waals surface area contributed by atoms with E-state index in [2.05, 4.69) is 25.3 Å². The predicted molar refractivity (Wildman–Crippen MR) is 132 cm³/mol. The van der Waals surface area contributed by atoms with Crippen LogP contribution in [0.15, 0.2) is 30.5 Å². The molecule has 0 fully saturated rings. The SMILES string of the molecule is COc1ccc(OC(F)(F)F)cc1Cn1cc(CCc2cc3c(c(C)n2)NC(=O)[C@H](C)N3C)nn1.S. The Balaban J connectivity index is 0.00000361. The van der Waals surface area contributed by atoms with E-state index in [-0.39, 0.29) is 37.7 Å². The van der Waals surface area contributed by atoms with Gasteiger partial charge in [-0.25, -0.2) is 4.68 Å². The van der Waals surface area contributed by atoms with E-state index in [9.17, 15) is 18.0 Å². The molecule has 3 heterocycles. The molecule has 13 heteroatoms. The maximum absolute atomic E-state index is 12.6. The van der Waals surface area contributed by atoms with Crippen LogP contribution in [0.3, 0.4) is 0 Å². The standard InChI is InChI=1S/C23H25F3N6O3.H2S/c1-13-21-19(31(3)14(2)22(33)28-21)10-16(27-13)5-6-17-12-32(30-29-17)11-15-9-18(35-23(24,25)26)7-8-20(15)34-4;/h7-10,12,14H,5-6,11H2,1-4H3,(H,28,33);1H2/t14-;/m0./s1. The molecule has 1 atom stereocenters. The van der Waals surface area contributed by atoms with Crippen molar-refractivity contribution in [2.24, 2.45) is 0 Å². The van der Waals surface area contributed by atoms with E-state index in [4.69, 9.17) is 4.74 Å². The molecule has 0 saturated carbocycles. The Kier molecular flexibility index (Phi) is 8.02. The smallest absolute Gasteiger partial charge is 0.496 e. The summed E-state index contributed by atoms with van der Waals surface area (Å²) in [6.07, 6.45) is -1.89. The van der Waals surface area contributed by atoms with Gasteiger partial charge in [0.1, 0.15) is 17.5 Å². The van der Waals surface area contributed by atoms with E-state index in [1.54, 1.807) is 6.20 Å². The Bertz CT molecular complexity index is 1250. The molecular formula is C23H27F3N6O3S. The van der Waals surface area contributed by atoms with Gasteiger partial charge in [-0.15, -0.1) is 18.3 Å². The monoisotopic (exact) mass is 524 g/mol. The molecule has 0 unspecified atom stereocenters. The first-order chi connectivity index (χ1) is 16.5. The van der Waals surface area contributed by atoms with Crippen LogP contribution >= 0.6 is 13.5 Å². The summed E-state index contributed by atoms with van der Waals surface area (Å²) in [7, 11) is 3.31. The van der Waals surface area contributed by atoms with Crippen LogP contribution in [0.4, 0.5) is 24.5 Å². The van der Waals surface area contributed by atoms with Crippen molar-refractivity contribution in [1.82, 2.24) is 20.0 Å². The number of aromatic nitrogens is 4. The molecule has 9 nitrogen and oxygen atoms in total. The lowest BCUT2D eigenvalue weighted by Crippen LogP contribution is -2.44. The number of amides is 1. The van der Waals surface area contributed by atoms with Crippen LogP contribution in [-0.2, 0) is 24.2 Å². The zero-order chi connectivity index (χ0) is 25.3. The van der Waals surface area contributed by atoms with Crippen LogP contribution in [0.25, 0.3) is 0 Å². The van der Waals surface area contributed by atoms with Gasteiger partial charge in [0.15, 0.2) is 0 Å². The number of hydrogen-bond donors (Lipinski definition) is 1. The van der Waals surface area contributed by atoms with Crippen LogP contribution in [0.1, 0.15) is 29.6 Å². The molecule has 0 aliphatic carbocycles. The molecule has 194 valence electrons. The molecule has 1 aliphatic heterocycles. The van der Waals surface area contributed by atoms with Crippen molar-refractivity contribution < 1.29 is 27.4 Å².